The van der Waals surface area contributed by atoms with Crippen molar-refractivity contribution in [2.45, 2.75) is 20.0 Å². The van der Waals surface area contributed by atoms with Crippen LogP contribution >= 0.6 is 0 Å². The van der Waals surface area contributed by atoms with Crippen molar-refractivity contribution in [1.82, 2.24) is 9.78 Å². The van der Waals surface area contributed by atoms with E-state index >= 15 is 0 Å². The van der Waals surface area contributed by atoms with Crippen LogP contribution in [0, 0.1) is 13.8 Å². The minimum atomic E-state index is -0.719. The molecule has 0 radical (unpaired) electrons. The topological polar surface area (TPSA) is 64.1 Å². The van der Waals surface area contributed by atoms with E-state index < -0.39 is 6.10 Å². The van der Waals surface area contributed by atoms with Crippen LogP contribution in [0.4, 0.5) is 5.82 Å². The second-order valence-corrected chi connectivity index (χ2v) is 4.35. The monoisotopic (exact) mass is 231 g/mol. The normalized spacial score (nSPS) is 12.7. The highest BCUT2D eigenvalue weighted by Gasteiger charge is 2.16. The summed E-state index contributed by atoms with van der Waals surface area (Å²) in [6.45, 7) is 4.07. The molecule has 1 unspecified atom stereocenters. The molecule has 0 amide bonds. The Labute approximate surface area is 101 Å². The quantitative estimate of drug-likeness (QED) is 0.826. The van der Waals surface area contributed by atoms with Gasteiger partial charge in [0.25, 0.3) is 0 Å². The summed E-state index contributed by atoms with van der Waals surface area (Å²) in [6.07, 6.45) is 0.887. The van der Waals surface area contributed by atoms with Gasteiger partial charge in [-0.2, -0.15) is 5.10 Å². The van der Waals surface area contributed by atoms with E-state index in [2.05, 4.69) is 5.10 Å². The van der Waals surface area contributed by atoms with E-state index in [-0.39, 0.29) is 0 Å². The molecule has 0 aliphatic carbocycles. The number of hydrogen-bond acceptors (Lipinski definition) is 3. The van der Waals surface area contributed by atoms with E-state index in [1.807, 2.05) is 32.0 Å². The first-order valence-electron chi connectivity index (χ1n) is 5.53. The van der Waals surface area contributed by atoms with Crippen LogP contribution in [0.1, 0.15) is 28.4 Å². The van der Waals surface area contributed by atoms with Gasteiger partial charge >= 0.3 is 0 Å². The number of nitrogens with two attached hydrogens (primary N) is 1. The molecule has 90 valence electrons. The predicted octanol–water partition coefficient (Wildman–Crippen LogP) is 1.70. The fourth-order valence-electron chi connectivity index (χ4n) is 1.79. The number of aliphatic hydroxyl groups excluding tert-OH is 1. The van der Waals surface area contributed by atoms with Gasteiger partial charge in [-0.25, -0.2) is 0 Å². The molecule has 4 heteroatoms. The molecule has 1 aromatic heterocycles. The maximum atomic E-state index is 10.3. The average Bonchev–Trinajstić information content (AvgIpc) is 2.63. The molecule has 2 rings (SSSR count). The Bertz CT molecular complexity index is 546. The Morgan fingerprint density at radius 3 is 2.53 bits per heavy atom. The Kier molecular flexibility index (Phi) is 2.90. The number of aromatic nitrogens is 2. The molecule has 0 aliphatic rings. The zero-order valence-electron chi connectivity index (χ0n) is 10.3. The third-order valence-corrected chi connectivity index (χ3v) is 3.16. The van der Waals surface area contributed by atoms with E-state index in [1.165, 1.54) is 5.56 Å². The summed E-state index contributed by atoms with van der Waals surface area (Å²) in [7, 11) is 1.76. The van der Waals surface area contributed by atoms with Gasteiger partial charge in [0, 0.05) is 12.6 Å². The fourth-order valence-corrected chi connectivity index (χ4v) is 1.79. The van der Waals surface area contributed by atoms with Crippen molar-refractivity contribution >= 4 is 5.82 Å². The van der Waals surface area contributed by atoms with E-state index in [0.717, 1.165) is 11.1 Å². The van der Waals surface area contributed by atoms with Crippen molar-refractivity contribution in [3.8, 4) is 0 Å². The lowest BCUT2D eigenvalue weighted by Gasteiger charge is -2.12. The van der Waals surface area contributed by atoms with Crippen molar-refractivity contribution in [3.63, 3.8) is 0 Å². The van der Waals surface area contributed by atoms with Crippen LogP contribution in [0.5, 0.6) is 0 Å². The summed E-state index contributed by atoms with van der Waals surface area (Å²) >= 11 is 0. The summed E-state index contributed by atoms with van der Waals surface area (Å²) < 4.78 is 1.56. The van der Waals surface area contributed by atoms with Crippen molar-refractivity contribution in [2.24, 2.45) is 7.05 Å². The molecule has 1 atom stereocenters. The number of hydrogen-bond donors (Lipinski definition) is 2. The van der Waals surface area contributed by atoms with Gasteiger partial charge in [0.15, 0.2) is 0 Å². The van der Waals surface area contributed by atoms with Crippen LogP contribution in [0.3, 0.4) is 0 Å². The number of rotatable bonds is 2. The van der Waals surface area contributed by atoms with E-state index in [9.17, 15) is 5.11 Å². The van der Waals surface area contributed by atoms with Gasteiger partial charge < -0.3 is 10.8 Å². The zero-order valence-corrected chi connectivity index (χ0v) is 10.3. The summed E-state index contributed by atoms with van der Waals surface area (Å²) in [5.41, 5.74) is 9.70. The highest BCUT2D eigenvalue weighted by molar-refractivity contribution is 5.45. The highest BCUT2D eigenvalue weighted by atomic mass is 16.3. The van der Waals surface area contributed by atoms with Crippen molar-refractivity contribution in [3.05, 3.63) is 46.6 Å². The van der Waals surface area contributed by atoms with E-state index in [0.29, 0.717) is 11.4 Å². The van der Waals surface area contributed by atoms with Crippen LogP contribution in [-0.2, 0) is 7.05 Å². The Morgan fingerprint density at radius 1 is 1.29 bits per heavy atom. The lowest BCUT2D eigenvalue weighted by Crippen LogP contribution is -2.05. The number of aryl methyl sites for hydroxylation is 3. The van der Waals surface area contributed by atoms with Crippen molar-refractivity contribution < 1.29 is 5.11 Å². The van der Waals surface area contributed by atoms with Gasteiger partial charge in [-0.3, -0.25) is 4.68 Å². The summed E-state index contributed by atoms with van der Waals surface area (Å²) in [6, 6.07) is 5.90. The molecular formula is C13H17N3O. The van der Waals surface area contributed by atoms with Crippen LogP contribution < -0.4 is 5.73 Å². The third-order valence-electron chi connectivity index (χ3n) is 3.16. The molecular weight excluding hydrogens is 214 g/mol. The largest absolute Gasteiger partial charge is 0.384 e. The van der Waals surface area contributed by atoms with Gasteiger partial charge in [0.2, 0.25) is 0 Å². The highest BCUT2D eigenvalue weighted by Crippen LogP contribution is 2.27. The molecule has 2 aromatic rings. The molecule has 4 nitrogen and oxygen atoms in total. The molecule has 0 fully saturated rings. The smallest absolute Gasteiger partial charge is 0.127 e. The Balaban J connectivity index is 2.40. The van der Waals surface area contributed by atoms with Gasteiger partial charge in [-0.15, -0.1) is 0 Å². The number of nitrogens with zero attached hydrogens (tertiary/aromatic N) is 2. The average molecular weight is 231 g/mol. The molecule has 0 spiro atoms. The van der Waals surface area contributed by atoms with Crippen molar-refractivity contribution in [1.29, 1.82) is 0 Å². The fraction of sp³-hybridized carbons (Fsp3) is 0.308. The minimum Gasteiger partial charge on any atom is -0.384 e. The summed E-state index contributed by atoms with van der Waals surface area (Å²) in [4.78, 5) is 0. The number of nitrogen functional groups attached to an aromatic ring is 1. The second-order valence-electron chi connectivity index (χ2n) is 4.35. The molecule has 0 saturated carbocycles. The third kappa shape index (κ3) is 2.03. The van der Waals surface area contributed by atoms with Crippen LogP contribution in [0.2, 0.25) is 0 Å². The van der Waals surface area contributed by atoms with Gasteiger partial charge in [0.05, 0.1) is 6.20 Å². The van der Waals surface area contributed by atoms with Gasteiger partial charge in [-0.05, 0) is 30.5 Å². The second kappa shape index (κ2) is 4.22. The first-order chi connectivity index (χ1) is 8.00. The Hall–Kier alpha value is -1.81. The SMILES string of the molecule is Cc1ccc(C(O)c2cnn(C)c2N)cc1C. The van der Waals surface area contributed by atoms with E-state index in [1.54, 1.807) is 17.9 Å². The van der Waals surface area contributed by atoms with Crippen molar-refractivity contribution in [2.75, 3.05) is 5.73 Å². The first kappa shape index (κ1) is 11.7. The maximum Gasteiger partial charge on any atom is 0.127 e. The van der Waals surface area contributed by atoms with E-state index in [4.69, 9.17) is 5.73 Å². The van der Waals surface area contributed by atoms with Gasteiger partial charge in [0.1, 0.15) is 11.9 Å². The number of anilines is 1. The molecule has 0 bridgehead atoms. The summed E-state index contributed by atoms with van der Waals surface area (Å²) in [5.74, 6) is 0.496. The minimum absolute atomic E-state index is 0.496. The summed E-state index contributed by atoms with van der Waals surface area (Å²) in [5, 5.41) is 14.3. The molecule has 3 N–H and O–H groups in total. The van der Waals surface area contributed by atoms with Gasteiger partial charge in [-0.1, -0.05) is 18.2 Å². The molecule has 17 heavy (non-hydrogen) atoms. The molecule has 1 aromatic carbocycles. The first-order valence-corrected chi connectivity index (χ1v) is 5.53. The zero-order chi connectivity index (χ0) is 12.6. The molecule has 0 saturated heterocycles. The standard InChI is InChI=1S/C13H17N3O/c1-8-4-5-10(6-9(8)2)12(17)11-7-15-16(3)13(11)14/h4-7,12,17H,14H2,1-3H3. The number of aliphatic hydroxyl groups is 1. The lowest BCUT2D eigenvalue weighted by atomic mass is 9.99. The van der Waals surface area contributed by atoms with Crippen LogP contribution in [-0.4, -0.2) is 14.9 Å². The number of benzene rings is 1. The van der Waals surface area contributed by atoms with Crippen LogP contribution in [0.25, 0.3) is 0 Å². The predicted molar refractivity (Wildman–Crippen MR) is 67.6 cm³/mol. The Morgan fingerprint density at radius 2 is 2.00 bits per heavy atom. The molecule has 0 aliphatic heterocycles. The lowest BCUT2D eigenvalue weighted by molar-refractivity contribution is 0.221. The maximum absolute atomic E-state index is 10.3. The molecule has 1 heterocycles. The van der Waals surface area contributed by atoms with Crippen LogP contribution in [0.15, 0.2) is 24.4 Å².